The first-order valence-corrected chi connectivity index (χ1v) is 5.91. The lowest BCUT2D eigenvalue weighted by molar-refractivity contribution is -0.384. The molecule has 0 spiro atoms. The van der Waals surface area contributed by atoms with E-state index >= 15 is 0 Å². The van der Waals surface area contributed by atoms with Crippen molar-refractivity contribution in [2.45, 2.75) is 26.3 Å². The summed E-state index contributed by atoms with van der Waals surface area (Å²) in [5, 5.41) is 25.5. The van der Waals surface area contributed by atoms with Gasteiger partial charge in [0.05, 0.1) is 11.0 Å². The highest BCUT2D eigenvalue weighted by Crippen LogP contribution is 2.28. The SMILES string of the molecule is CC(C)NCCC(=O)Nc1ccc(O)cc1[N+](=O)[O-]. The van der Waals surface area contributed by atoms with Crippen molar-refractivity contribution < 1.29 is 14.8 Å². The first-order valence-electron chi connectivity index (χ1n) is 5.91. The standard InChI is InChI=1S/C12H17N3O4/c1-8(2)13-6-5-12(17)14-10-4-3-9(16)7-11(10)15(18)19/h3-4,7-8,13,16H,5-6H2,1-2H3,(H,14,17). The highest BCUT2D eigenvalue weighted by Gasteiger charge is 2.16. The molecule has 0 saturated heterocycles. The van der Waals surface area contributed by atoms with Crippen LogP contribution in [0.1, 0.15) is 20.3 Å². The summed E-state index contributed by atoms with van der Waals surface area (Å²) >= 11 is 0. The second-order valence-electron chi connectivity index (χ2n) is 4.37. The van der Waals surface area contributed by atoms with Crippen LogP contribution < -0.4 is 10.6 Å². The van der Waals surface area contributed by atoms with Gasteiger partial charge < -0.3 is 15.7 Å². The maximum Gasteiger partial charge on any atom is 0.296 e. The number of nitro groups is 1. The third-order valence-corrected chi connectivity index (χ3v) is 2.36. The molecule has 0 radical (unpaired) electrons. The molecule has 0 fully saturated rings. The Kier molecular flexibility index (Phi) is 5.25. The first kappa shape index (κ1) is 14.9. The summed E-state index contributed by atoms with van der Waals surface area (Å²) < 4.78 is 0. The zero-order valence-electron chi connectivity index (χ0n) is 10.8. The molecule has 0 aromatic heterocycles. The van der Waals surface area contributed by atoms with Crippen molar-refractivity contribution >= 4 is 17.3 Å². The molecule has 1 aromatic rings. The average Bonchev–Trinajstić information content (AvgIpc) is 2.30. The van der Waals surface area contributed by atoms with Crippen LogP contribution in [0.4, 0.5) is 11.4 Å². The van der Waals surface area contributed by atoms with Gasteiger partial charge in [0.1, 0.15) is 11.4 Å². The van der Waals surface area contributed by atoms with Crippen LogP contribution in [-0.2, 0) is 4.79 Å². The third kappa shape index (κ3) is 4.92. The minimum absolute atomic E-state index is 0.0809. The largest absolute Gasteiger partial charge is 0.508 e. The molecule has 19 heavy (non-hydrogen) atoms. The second-order valence-corrected chi connectivity index (χ2v) is 4.37. The number of carbonyl (C=O) groups is 1. The maximum atomic E-state index is 11.6. The van der Waals surface area contributed by atoms with Gasteiger partial charge >= 0.3 is 0 Å². The molecule has 104 valence electrons. The van der Waals surface area contributed by atoms with Crippen molar-refractivity contribution in [3.63, 3.8) is 0 Å². The van der Waals surface area contributed by atoms with E-state index in [1.54, 1.807) is 0 Å². The van der Waals surface area contributed by atoms with Gasteiger partial charge in [-0.15, -0.1) is 0 Å². The number of carbonyl (C=O) groups excluding carboxylic acids is 1. The van der Waals surface area contributed by atoms with Crippen LogP contribution in [0.5, 0.6) is 5.75 Å². The highest BCUT2D eigenvalue weighted by atomic mass is 16.6. The Hall–Kier alpha value is -2.15. The van der Waals surface area contributed by atoms with Gasteiger partial charge in [0.25, 0.3) is 5.69 Å². The molecule has 0 heterocycles. The summed E-state index contributed by atoms with van der Waals surface area (Å²) in [7, 11) is 0. The molecular weight excluding hydrogens is 250 g/mol. The number of anilines is 1. The summed E-state index contributed by atoms with van der Waals surface area (Å²) in [4.78, 5) is 21.8. The predicted octanol–water partition coefficient (Wildman–Crippen LogP) is 1.63. The number of nitrogens with zero attached hydrogens (tertiary/aromatic N) is 1. The van der Waals surface area contributed by atoms with Crippen LogP contribution in [0.25, 0.3) is 0 Å². The smallest absolute Gasteiger partial charge is 0.296 e. The van der Waals surface area contributed by atoms with E-state index in [1.165, 1.54) is 12.1 Å². The van der Waals surface area contributed by atoms with Crippen molar-refractivity contribution in [1.29, 1.82) is 0 Å². The molecular formula is C12H17N3O4. The zero-order valence-corrected chi connectivity index (χ0v) is 10.8. The number of hydrogen-bond donors (Lipinski definition) is 3. The topological polar surface area (TPSA) is 104 Å². The van der Waals surface area contributed by atoms with Crippen molar-refractivity contribution in [2.75, 3.05) is 11.9 Å². The molecule has 0 aliphatic rings. The maximum absolute atomic E-state index is 11.6. The van der Waals surface area contributed by atoms with Gasteiger partial charge in [-0.1, -0.05) is 13.8 Å². The number of rotatable bonds is 6. The Balaban J connectivity index is 2.66. The van der Waals surface area contributed by atoms with Crippen LogP contribution in [0.3, 0.4) is 0 Å². The number of nitrogens with one attached hydrogen (secondary N) is 2. The van der Waals surface area contributed by atoms with E-state index in [0.29, 0.717) is 6.54 Å². The summed E-state index contributed by atoms with van der Waals surface area (Å²) in [6.45, 7) is 4.42. The molecule has 3 N–H and O–H groups in total. The number of aromatic hydroxyl groups is 1. The number of benzene rings is 1. The molecule has 0 atom stereocenters. The monoisotopic (exact) mass is 267 g/mol. The number of phenolic OH excluding ortho intramolecular Hbond substituents is 1. The van der Waals surface area contributed by atoms with Gasteiger partial charge in [-0.05, 0) is 12.1 Å². The number of phenols is 1. The number of nitro benzene ring substituents is 1. The minimum atomic E-state index is -0.651. The van der Waals surface area contributed by atoms with Gasteiger partial charge in [-0.2, -0.15) is 0 Å². The Bertz CT molecular complexity index is 474. The molecule has 0 aliphatic carbocycles. The fourth-order valence-corrected chi connectivity index (χ4v) is 1.46. The average molecular weight is 267 g/mol. The normalized spacial score (nSPS) is 10.5. The lowest BCUT2D eigenvalue weighted by atomic mass is 10.2. The second kappa shape index (κ2) is 6.69. The van der Waals surface area contributed by atoms with E-state index in [2.05, 4.69) is 10.6 Å². The fourth-order valence-electron chi connectivity index (χ4n) is 1.46. The Morgan fingerprint density at radius 1 is 1.47 bits per heavy atom. The van der Waals surface area contributed by atoms with Crippen molar-refractivity contribution in [1.82, 2.24) is 5.32 Å². The van der Waals surface area contributed by atoms with E-state index in [9.17, 15) is 20.0 Å². The van der Waals surface area contributed by atoms with Crippen LogP contribution >= 0.6 is 0 Å². The first-order chi connectivity index (χ1) is 8.90. The minimum Gasteiger partial charge on any atom is -0.508 e. The van der Waals surface area contributed by atoms with Gasteiger partial charge in [-0.25, -0.2) is 0 Å². The van der Waals surface area contributed by atoms with Gasteiger partial charge in [-0.3, -0.25) is 14.9 Å². The lowest BCUT2D eigenvalue weighted by Crippen LogP contribution is -2.27. The van der Waals surface area contributed by atoms with Crippen LogP contribution in [0, 0.1) is 10.1 Å². The predicted molar refractivity (Wildman–Crippen MR) is 71.1 cm³/mol. The van der Waals surface area contributed by atoms with E-state index in [1.807, 2.05) is 13.8 Å². The zero-order chi connectivity index (χ0) is 14.4. The highest BCUT2D eigenvalue weighted by molar-refractivity contribution is 5.93. The Morgan fingerprint density at radius 3 is 2.74 bits per heavy atom. The molecule has 7 heteroatoms. The fraction of sp³-hybridized carbons (Fsp3) is 0.417. The van der Waals surface area contributed by atoms with Gasteiger partial charge in [0, 0.05) is 19.0 Å². The molecule has 0 aliphatic heterocycles. The van der Waals surface area contributed by atoms with Crippen molar-refractivity contribution in [3.05, 3.63) is 28.3 Å². The summed E-state index contributed by atoms with van der Waals surface area (Å²) in [6, 6.07) is 3.87. The lowest BCUT2D eigenvalue weighted by Gasteiger charge is -2.09. The number of amides is 1. The van der Waals surface area contributed by atoms with Crippen molar-refractivity contribution in [3.8, 4) is 5.75 Å². The molecule has 1 amide bonds. The molecule has 0 unspecified atom stereocenters. The molecule has 7 nitrogen and oxygen atoms in total. The van der Waals surface area contributed by atoms with Crippen molar-refractivity contribution in [2.24, 2.45) is 0 Å². The van der Waals surface area contributed by atoms with E-state index in [-0.39, 0.29) is 35.5 Å². The van der Waals surface area contributed by atoms with E-state index in [0.717, 1.165) is 6.07 Å². The van der Waals surface area contributed by atoms with Gasteiger partial charge in [0.2, 0.25) is 5.91 Å². The molecule has 1 aromatic carbocycles. The summed E-state index contributed by atoms with van der Waals surface area (Å²) in [6.07, 6.45) is 0.218. The molecule has 0 saturated carbocycles. The van der Waals surface area contributed by atoms with Crippen LogP contribution in [-0.4, -0.2) is 28.5 Å². The van der Waals surface area contributed by atoms with E-state index in [4.69, 9.17) is 0 Å². The third-order valence-electron chi connectivity index (χ3n) is 2.36. The van der Waals surface area contributed by atoms with E-state index < -0.39 is 4.92 Å². The summed E-state index contributed by atoms with van der Waals surface area (Å²) in [5.41, 5.74) is -0.248. The molecule has 1 rings (SSSR count). The summed E-state index contributed by atoms with van der Waals surface area (Å²) in [5.74, 6) is -0.534. The van der Waals surface area contributed by atoms with Crippen LogP contribution in [0.2, 0.25) is 0 Å². The quantitative estimate of drug-likeness (QED) is 0.413. The number of hydrogen-bond acceptors (Lipinski definition) is 5. The Labute approximate surface area is 110 Å². The molecule has 0 bridgehead atoms. The van der Waals surface area contributed by atoms with Gasteiger partial charge in [0.15, 0.2) is 0 Å². The van der Waals surface area contributed by atoms with Crippen LogP contribution in [0.15, 0.2) is 18.2 Å². The Morgan fingerprint density at radius 2 is 2.16 bits per heavy atom.